The number of hydrogen-bond acceptors (Lipinski definition) is 8. The van der Waals surface area contributed by atoms with Gasteiger partial charge in [0.1, 0.15) is 13.2 Å². The van der Waals surface area contributed by atoms with Gasteiger partial charge in [-0.1, -0.05) is 6.58 Å². The van der Waals surface area contributed by atoms with Gasteiger partial charge >= 0.3 is 53.8 Å². The molecule has 0 amide bonds. The molecule has 204 valence electrons. The zero-order valence-electron chi connectivity index (χ0n) is 16.6. The first-order valence-electron chi connectivity index (χ1n) is 8.17. The van der Waals surface area contributed by atoms with E-state index in [2.05, 4.69) is 20.8 Å². The Morgan fingerprint density at radius 3 is 1.14 bits per heavy atom. The van der Waals surface area contributed by atoms with Crippen molar-refractivity contribution in [2.75, 3.05) is 13.2 Å². The van der Waals surface area contributed by atoms with Crippen LogP contribution in [-0.4, -0.2) is 83.3 Å². The fraction of sp³-hybridized carbons (Fsp3) is 0.667. The predicted molar refractivity (Wildman–Crippen MR) is 80.7 cm³/mol. The van der Waals surface area contributed by atoms with Crippen molar-refractivity contribution in [3.63, 3.8) is 0 Å². The van der Waals surface area contributed by atoms with E-state index in [0.717, 1.165) is 6.92 Å². The third kappa shape index (κ3) is 6.67. The highest BCUT2D eigenvalue weighted by Crippen LogP contribution is 2.45. The highest BCUT2D eigenvalue weighted by Gasteiger charge is 2.77. The van der Waals surface area contributed by atoms with Gasteiger partial charge < -0.3 is 24.4 Å². The van der Waals surface area contributed by atoms with Gasteiger partial charge in [0.2, 0.25) is 0 Å². The number of esters is 3. The average Bonchev–Trinajstić information content (AvgIpc) is 2.64. The molecule has 0 bridgehead atoms. The number of rotatable bonds is 8. The lowest BCUT2D eigenvalue weighted by molar-refractivity contribution is -0.357. The zero-order valence-corrected chi connectivity index (χ0v) is 16.6. The average molecular weight is 548 g/mol. The molecule has 0 atom stereocenters. The van der Waals surface area contributed by atoms with E-state index in [0.29, 0.717) is 0 Å². The molecule has 0 saturated carbocycles. The van der Waals surface area contributed by atoms with Gasteiger partial charge in [-0.25, -0.2) is 14.4 Å². The summed E-state index contributed by atoms with van der Waals surface area (Å²) < 4.78 is 163. The molecule has 0 aliphatic heterocycles. The Hall–Kier alpha value is -2.77. The van der Waals surface area contributed by atoms with Gasteiger partial charge in [-0.05, 0) is 6.92 Å². The van der Waals surface area contributed by atoms with E-state index < -0.39 is 78.7 Å². The van der Waals surface area contributed by atoms with Crippen molar-refractivity contribution in [3.8, 4) is 0 Å². The number of halogens is 12. The first kappa shape index (κ1) is 32.2. The Bertz CT molecular complexity index is 742. The largest absolute Gasteiger partial charge is 0.459 e. The lowest BCUT2D eigenvalue weighted by atomic mass is 10.0. The molecular formula is C15H12F12O8. The van der Waals surface area contributed by atoms with Crippen molar-refractivity contribution < 1.29 is 91.5 Å². The second-order valence-electron chi connectivity index (χ2n) is 6.42. The molecule has 0 saturated heterocycles. The number of hydrogen-bond donors (Lipinski definition) is 2. The van der Waals surface area contributed by atoms with Crippen molar-refractivity contribution in [1.82, 2.24) is 0 Å². The molecule has 0 aromatic heterocycles. The van der Waals surface area contributed by atoms with Crippen LogP contribution in [0.2, 0.25) is 0 Å². The molecule has 0 fully saturated rings. The third-order valence-corrected chi connectivity index (χ3v) is 3.65. The van der Waals surface area contributed by atoms with E-state index in [-0.39, 0.29) is 0 Å². The van der Waals surface area contributed by atoms with Crippen molar-refractivity contribution in [3.05, 3.63) is 12.2 Å². The van der Waals surface area contributed by atoms with Gasteiger partial charge in [-0.15, -0.1) is 0 Å². The highest BCUT2D eigenvalue weighted by atomic mass is 19.4. The molecule has 2 N–H and O–H groups in total. The summed E-state index contributed by atoms with van der Waals surface area (Å²) in [6, 6.07) is 0. The second kappa shape index (κ2) is 10.1. The van der Waals surface area contributed by atoms with Crippen molar-refractivity contribution in [1.29, 1.82) is 0 Å². The first-order valence-corrected chi connectivity index (χ1v) is 8.17. The maximum Gasteiger partial charge on any atom is 0.437 e. The minimum atomic E-state index is -6.74. The van der Waals surface area contributed by atoms with Crippen LogP contribution in [0.3, 0.4) is 0 Å². The second-order valence-corrected chi connectivity index (χ2v) is 6.42. The number of carbonyl (C=O) groups excluding carboxylic acids is 3. The number of aliphatic hydroxyl groups is 2. The fourth-order valence-electron chi connectivity index (χ4n) is 1.70. The molecule has 0 unspecified atom stereocenters. The summed E-state index contributed by atoms with van der Waals surface area (Å²) >= 11 is 0. The molecule has 0 rings (SSSR count). The predicted octanol–water partition coefficient (Wildman–Crippen LogP) is 2.27. The van der Waals surface area contributed by atoms with Crippen LogP contribution in [0.5, 0.6) is 0 Å². The third-order valence-electron chi connectivity index (χ3n) is 3.65. The quantitative estimate of drug-likeness (QED) is 0.205. The Kier molecular flexibility index (Phi) is 9.28. The molecule has 20 heteroatoms. The van der Waals surface area contributed by atoms with Crippen molar-refractivity contribution in [2.24, 2.45) is 0 Å². The van der Waals surface area contributed by atoms with Crippen molar-refractivity contribution >= 4 is 17.9 Å². The summed E-state index contributed by atoms with van der Waals surface area (Å²) in [5, 5.41) is 17.6. The Morgan fingerprint density at radius 1 is 0.686 bits per heavy atom. The fourth-order valence-corrected chi connectivity index (χ4v) is 1.70. The summed E-state index contributed by atoms with van der Waals surface area (Å²) in [6.45, 7) is -0.266. The van der Waals surface area contributed by atoms with Gasteiger partial charge in [0, 0.05) is 5.57 Å². The summed E-state index contributed by atoms with van der Waals surface area (Å²) in [5.74, 6) is -8.64. The van der Waals surface area contributed by atoms with Crippen LogP contribution in [0.15, 0.2) is 12.2 Å². The standard InChI is InChI=1S/C15H12F12O8/c1-5(2)7(28)35-6(3-33-8(29)10(31,12(16,17)18)13(19,20)21)4-34-9(30)11(32,14(22,23)24)15(25,26)27/h6,31-32H,1,3-4H2,2H3. The van der Waals surface area contributed by atoms with E-state index in [4.69, 9.17) is 10.2 Å². The number of alkyl halides is 12. The normalized spacial score (nSPS) is 13.9. The Labute approximate surface area is 185 Å². The molecule has 0 radical (unpaired) electrons. The topological polar surface area (TPSA) is 119 Å². The summed E-state index contributed by atoms with van der Waals surface area (Å²) in [5.41, 5.74) is -12.9. The molecule has 0 aromatic carbocycles. The molecule has 0 aromatic rings. The lowest BCUT2D eigenvalue weighted by Crippen LogP contribution is -2.63. The Balaban J connectivity index is 5.88. The van der Waals surface area contributed by atoms with Crippen LogP contribution in [-0.2, 0) is 28.6 Å². The minimum absolute atomic E-state index is 0.614. The number of carbonyl (C=O) groups is 3. The van der Waals surface area contributed by atoms with Crippen LogP contribution >= 0.6 is 0 Å². The first-order chi connectivity index (χ1) is 15.2. The SMILES string of the molecule is C=C(C)C(=O)OC(COC(=O)C(O)(C(F)(F)F)C(F)(F)F)COC(=O)C(O)(C(F)(F)F)C(F)(F)F. The molecule has 8 nitrogen and oxygen atoms in total. The van der Waals surface area contributed by atoms with Gasteiger partial charge in [-0.3, -0.25) is 0 Å². The van der Waals surface area contributed by atoms with E-state index in [1.165, 1.54) is 0 Å². The molecule has 0 heterocycles. The monoisotopic (exact) mass is 548 g/mol. The molecule has 0 spiro atoms. The lowest BCUT2D eigenvalue weighted by Gasteiger charge is -2.31. The maximum absolute atomic E-state index is 12.6. The van der Waals surface area contributed by atoms with E-state index in [9.17, 15) is 67.1 Å². The molecule has 0 aliphatic rings. The van der Waals surface area contributed by atoms with E-state index >= 15 is 0 Å². The molecular weight excluding hydrogens is 536 g/mol. The number of ether oxygens (including phenoxy) is 3. The van der Waals surface area contributed by atoms with Crippen LogP contribution in [0.1, 0.15) is 6.92 Å². The van der Waals surface area contributed by atoms with Crippen LogP contribution < -0.4 is 0 Å². The zero-order chi connectivity index (χ0) is 28.4. The smallest absolute Gasteiger partial charge is 0.437 e. The molecule has 35 heavy (non-hydrogen) atoms. The van der Waals surface area contributed by atoms with Gasteiger partial charge in [0.25, 0.3) is 0 Å². The summed E-state index contributed by atoms with van der Waals surface area (Å²) in [7, 11) is 0. The maximum atomic E-state index is 12.6. The van der Waals surface area contributed by atoms with Crippen LogP contribution in [0.25, 0.3) is 0 Å². The van der Waals surface area contributed by atoms with Gasteiger partial charge in [0.15, 0.2) is 6.10 Å². The summed E-state index contributed by atoms with van der Waals surface area (Å²) in [4.78, 5) is 34.1. The van der Waals surface area contributed by atoms with E-state index in [1.807, 2.05) is 0 Å². The Morgan fingerprint density at radius 2 is 0.943 bits per heavy atom. The van der Waals surface area contributed by atoms with Crippen molar-refractivity contribution in [2.45, 2.75) is 48.9 Å². The van der Waals surface area contributed by atoms with Crippen LogP contribution in [0.4, 0.5) is 52.7 Å². The molecule has 0 aliphatic carbocycles. The van der Waals surface area contributed by atoms with Gasteiger partial charge in [-0.2, -0.15) is 52.7 Å². The minimum Gasteiger partial charge on any atom is -0.459 e. The van der Waals surface area contributed by atoms with E-state index in [1.54, 1.807) is 0 Å². The summed E-state index contributed by atoms with van der Waals surface area (Å²) in [6.07, 6.45) is -29.6. The van der Waals surface area contributed by atoms with Gasteiger partial charge in [0.05, 0.1) is 0 Å². The van der Waals surface area contributed by atoms with Crippen LogP contribution in [0, 0.1) is 0 Å². The highest BCUT2D eigenvalue weighted by molar-refractivity contribution is 5.87.